The fourth-order valence-corrected chi connectivity index (χ4v) is 10.8. The number of esters is 2. The Morgan fingerprint density at radius 2 is 1.33 bits per heavy atom. The number of carbonyl (C=O) groups excluding carboxylic acids is 2. The van der Waals surface area contributed by atoms with E-state index in [9.17, 15) is 4.79 Å². The maximum Gasteiger partial charge on any atom is 0.346 e. The van der Waals surface area contributed by atoms with Gasteiger partial charge >= 0.3 is 11.9 Å². The average molecular weight is 1190 g/mol. The molecule has 0 N–H and O–H groups in total. The van der Waals surface area contributed by atoms with Crippen LogP contribution in [0.25, 0.3) is 10.8 Å². The molecule has 8 rings (SSSR count). The molecule has 0 bridgehead atoms. The van der Waals surface area contributed by atoms with Crippen LogP contribution in [0, 0.1) is 51.9 Å². The molecular weight excluding hydrogens is 1110 g/mol. The summed E-state index contributed by atoms with van der Waals surface area (Å²) in [5.74, 6) is 6.30. The average Bonchev–Trinajstić information content (AvgIpc) is 1.17. The second kappa shape index (κ2) is 31.2. The topological polar surface area (TPSA) is 127 Å². The van der Waals surface area contributed by atoms with E-state index >= 15 is 4.79 Å². The lowest BCUT2D eigenvalue weighted by Crippen LogP contribution is -2.45. The zero-order chi connectivity index (χ0) is 60.3. The Morgan fingerprint density at radius 3 is 2.01 bits per heavy atom. The molecule has 0 unspecified atom stereocenters. The van der Waals surface area contributed by atoms with Gasteiger partial charge in [0.2, 0.25) is 0 Å². The number of aryl methyl sites for hydroxylation is 6. The Hall–Kier alpha value is -7.33. The van der Waals surface area contributed by atoms with E-state index in [4.69, 9.17) is 56.6 Å². The zero-order valence-corrected chi connectivity index (χ0v) is 52.1. The lowest BCUT2D eigenvalue weighted by molar-refractivity contribution is -0.150. The van der Waals surface area contributed by atoms with Crippen LogP contribution in [0.15, 0.2) is 130 Å². The third-order valence-corrected chi connectivity index (χ3v) is 16.0. The van der Waals surface area contributed by atoms with Gasteiger partial charge in [0.1, 0.15) is 34.6 Å². The van der Waals surface area contributed by atoms with E-state index in [0.29, 0.717) is 71.2 Å². The number of azo groups is 1. The number of hydrogen-bond donors (Lipinski definition) is 0. The third-order valence-electron chi connectivity index (χ3n) is 15.4. The maximum absolute atomic E-state index is 15.1. The van der Waals surface area contributed by atoms with Crippen LogP contribution >= 0.6 is 23.2 Å². The summed E-state index contributed by atoms with van der Waals surface area (Å²) in [6.07, 6.45) is 11.3. The first-order valence-corrected chi connectivity index (χ1v) is 30.6. The smallest absolute Gasteiger partial charge is 0.346 e. The van der Waals surface area contributed by atoms with Crippen molar-refractivity contribution in [2.24, 2.45) is 20.6 Å². The molecule has 7 aromatic rings. The van der Waals surface area contributed by atoms with Crippen molar-refractivity contribution in [1.29, 1.82) is 0 Å². The SMILES string of the molecule is CC#CCCC/C(=N\c1c(Cl)c(OC(=O)c2ccc(OCCCCCCOCC3(CC)COC3)c(C)c2)c2ccc(Cl)cc2c1C(=O)Oc1ccc(OCc2ccc(CCCCC)cc2)c(C)c1)c1ccc(/N=N/c2c(C)cc(C)cc2C)cc1. The number of aliphatic imine (C=N–C) groups is 1. The first-order valence-electron chi connectivity index (χ1n) is 29.8. The summed E-state index contributed by atoms with van der Waals surface area (Å²) in [6.45, 7) is 20.1. The largest absolute Gasteiger partial charge is 0.493 e. The minimum Gasteiger partial charge on any atom is -0.493 e. The minimum atomic E-state index is -0.758. The molecule has 1 fully saturated rings. The summed E-state index contributed by atoms with van der Waals surface area (Å²) in [6, 6.07) is 35.7. The molecule has 0 aromatic heterocycles. The molecule has 0 atom stereocenters. The molecule has 0 aliphatic carbocycles. The molecular formula is C72H79Cl2N3O8. The van der Waals surface area contributed by atoms with Crippen molar-refractivity contribution < 1.29 is 38.0 Å². The van der Waals surface area contributed by atoms with E-state index in [1.165, 1.54) is 24.8 Å². The Morgan fingerprint density at radius 1 is 0.635 bits per heavy atom. The van der Waals surface area contributed by atoms with Crippen molar-refractivity contribution in [3.05, 3.63) is 181 Å². The molecule has 13 heteroatoms. The number of ether oxygens (including phenoxy) is 6. The van der Waals surface area contributed by atoms with Crippen LogP contribution in [0.4, 0.5) is 17.1 Å². The van der Waals surface area contributed by atoms with Gasteiger partial charge in [0.25, 0.3) is 0 Å². The van der Waals surface area contributed by atoms with Crippen LogP contribution in [0.1, 0.15) is 157 Å². The van der Waals surface area contributed by atoms with Crippen LogP contribution in [-0.4, -0.2) is 50.7 Å². The fourth-order valence-electron chi connectivity index (χ4n) is 10.4. The number of fused-ring (bicyclic) bond motifs is 1. The number of unbranched alkanes of at least 4 members (excludes halogenated alkanes) is 6. The standard InChI is InChI=1S/C72H79Cl2N3O8/c1-9-12-14-18-22-62(55-27-31-58(32-28-55)76-77-67-51(7)39-48(4)40-52(67)8)75-68-65(71(79)84-59-33-36-64(50(6)42-59)83-44-54-25-23-53(24-26-54)21-17-13-10-2)61-43-57(73)30-34-60(61)69(66(68)74)85-70(78)56-29-35-63(49(5)41-56)82-38-20-16-15-19-37-80-45-72(11-3)46-81-47-72/h23-36,39-43H,10-11,13-22,37-38,44-47H2,1-8H3/b75-62+,77-76+. The second-order valence-electron chi connectivity index (χ2n) is 22.3. The molecule has 1 saturated heterocycles. The predicted molar refractivity (Wildman–Crippen MR) is 343 cm³/mol. The molecule has 0 saturated carbocycles. The van der Waals surface area contributed by atoms with E-state index in [0.717, 1.165) is 110 Å². The van der Waals surface area contributed by atoms with Gasteiger partial charge < -0.3 is 28.4 Å². The Labute approximate surface area is 512 Å². The molecule has 11 nitrogen and oxygen atoms in total. The normalized spacial score (nSPS) is 12.9. The Bertz CT molecular complexity index is 3550. The fraction of sp³-hybridized carbons (Fsp3) is 0.375. The minimum absolute atomic E-state index is 0.00364. The van der Waals surface area contributed by atoms with Gasteiger partial charge in [-0.3, -0.25) is 4.99 Å². The Kier molecular flexibility index (Phi) is 23.4. The van der Waals surface area contributed by atoms with Crippen molar-refractivity contribution in [2.45, 2.75) is 139 Å². The highest BCUT2D eigenvalue weighted by atomic mass is 35.5. The second-order valence-corrected chi connectivity index (χ2v) is 23.1. The third kappa shape index (κ3) is 17.4. The summed E-state index contributed by atoms with van der Waals surface area (Å²) in [4.78, 5) is 34.8. The van der Waals surface area contributed by atoms with Gasteiger partial charge in [-0.15, -0.1) is 11.8 Å². The molecule has 444 valence electrons. The monoisotopic (exact) mass is 1180 g/mol. The molecule has 0 spiro atoms. The lowest BCUT2D eigenvalue weighted by atomic mass is 9.84. The summed E-state index contributed by atoms with van der Waals surface area (Å²) in [5.41, 5.74) is 10.4. The molecule has 7 aromatic carbocycles. The molecule has 0 amide bonds. The van der Waals surface area contributed by atoms with Gasteiger partial charge in [-0.25, -0.2) is 9.59 Å². The molecule has 0 radical (unpaired) electrons. The molecule has 1 heterocycles. The molecule has 85 heavy (non-hydrogen) atoms. The van der Waals surface area contributed by atoms with Crippen LogP contribution in [0.3, 0.4) is 0 Å². The summed E-state index contributed by atoms with van der Waals surface area (Å²) in [7, 11) is 0. The van der Waals surface area contributed by atoms with Crippen molar-refractivity contribution in [2.75, 3.05) is 33.0 Å². The first kappa shape index (κ1) is 63.7. The van der Waals surface area contributed by atoms with Gasteiger partial charge in [-0.2, -0.15) is 10.2 Å². The summed E-state index contributed by atoms with van der Waals surface area (Å²) >= 11 is 14.3. The van der Waals surface area contributed by atoms with Crippen molar-refractivity contribution >= 4 is 68.7 Å². The van der Waals surface area contributed by atoms with E-state index in [-0.39, 0.29) is 38.8 Å². The predicted octanol–water partition coefficient (Wildman–Crippen LogP) is 19.6. The van der Waals surface area contributed by atoms with Gasteiger partial charge in [-0.05, 0) is 199 Å². The van der Waals surface area contributed by atoms with Gasteiger partial charge in [0.15, 0.2) is 5.75 Å². The molecule has 1 aliphatic rings. The van der Waals surface area contributed by atoms with Crippen molar-refractivity contribution in [3.63, 3.8) is 0 Å². The van der Waals surface area contributed by atoms with E-state index in [1.54, 1.807) is 61.5 Å². The van der Waals surface area contributed by atoms with E-state index in [2.05, 4.69) is 79.2 Å². The number of carbonyl (C=O) groups is 2. The number of nitrogens with zero attached hydrogens (tertiary/aromatic N) is 3. The lowest BCUT2D eigenvalue weighted by Gasteiger charge is -2.40. The first-order chi connectivity index (χ1) is 41.2. The van der Waals surface area contributed by atoms with E-state index in [1.807, 2.05) is 52.0 Å². The number of rotatable bonds is 29. The van der Waals surface area contributed by atoms with Crippen LogP contribution in [0.5, 0.6) is 23.0 Å². The van der Waals surface area contributed by atoms with Gasteiger partial charge in [0, 0.05) is 39.9 Å². The number of halogens is 2. The van der Waals surface area contributed by atoms with Crippen LogP contribution in [-0.2, 0) is 22.5 Å². The maximum atomic E-state index is 15.1. The summed E-state index contributed by atoms with van der Waals surface area (Å²) in [5, 5.41) is 10.1. The van der Waals surface area contributed by atoms with Crippen LogP contribution < -0.4 is 18.9 Å². The van der Waals surface area contributed by atoms with E-state index < -0.39 is 11.9 Å². The summed E-state index contributed by atoms with van der Waals surface area (Å²) < 4.78 is 36.4. The Balaban J connectivity index is 1.08. The quantitative estimate of drug-likeness (QED) is 0.0113. The highest BCUT2D eigenvalue weighted by Crippen LogP contribution is 2.47. The van der Waals surface area contributed by atoms with Crippen LogP contribution in [0.2, 0.25) is 10.0 Å². The highest BCUT2D eigenvalue weighted by molar-refractivity contribution is 6.38. The number of hydrogen-bond acceptors (Lipinski definition) is 11. The highest BCUT2D eigenvalue weighted by Gasteiger charge is 2.37. The zero-order valence-electron chi connectivity index (χ0n) is 50.6. The van der Waals surface area contributed by atoms with Gasteiger partial charge in [-0.1, -0.05) is 110 Å². The number of benzene rings is 7. The van der Waals surface area contributed by atoms with Crippen molar-refractivity contribution in [1.82, 2.24) is 0 Å². The van der Waals surface area contributed by atoms with Gasteiger partial charge in [0.05, 0.1) is 48.9 Å². The molecule has 1 aliphatic heterocycles. The van der Waals surface area contributed by atoms with Crippen molar-refractivity contribution in [3.8, 4) is 34.8 Å².